The van der Waals surface area contributed by atoms with Crippen LogP contribution in [0.5, 0.6) is 0 Å². The summed E-state index contributed by atoms with van der Waals surface area (Å²) in [6.45, 7) is 5.15. The van der Waals surface area contributed by atoms with Gasteiger partial charge in [-0.2, -0.15) is 26.3 Å². The van der Waals surface area contributed by atoms with Crippen LogP contribution >= 0.6 is 0 Å². The number of aliphatic imine (C=N–C) groups is 2. The number of unbranched alkanes of at least 4 members (excludes halogenated alkanes) is 1. The van der Waals surface area contributed by atoms with Gasteiger partial charge >= 0.3 is 18.0 Å². The first kappa shape index (κ1) is 21.2. The van der Waals surface area contributed by atoms with Crippen LogP contribution in [0.15, 0.2) is 40.3 Å². The second-order valence-corrected chi connectivity index (χ2v) is 6.56. The summed E-state index contributed by atoms with van der Waals surface area (Å²) in [5, 5.41) is 0. The van der Waals surface area contributed by atoms with Crippen LogP contribution in [0.2, 0.25) is 0 Å². The van der Waals surface area contributed by atoms with Crippen LogP contribution in [0.4, 0.5) is 26.3 Å². The van der Waals surface area contributed by atoms with E-state index in [1.807, 2.05) is 0 Å². The van der Waals surface area contributed by atoms with Gasteiger partial charge in [0, 0.05) is 18.0 Å². The number of hydrogen-bond donors (Lipinski definition) is 0. The molecule has 2 rings (SSSR count). The molecule has 0 aromatic heterocycles. The molecule has 1 heterocycles. The lowest BCUT2D eigenvalue weighted by molar-refractivity contribution is -0.293. The van der Waals surface area contributed by atoms with Gasteiger partial charge < -0.3 is 4.90 Å². The van der Waals surface area contributed by atoms with Crippen LogP contribution in [0.3, 0.4) is 0 Å². The molecule has 0 amide bonds. The average molecular weight is 393 g/mol. The summed E-state index contributed by atoms with van der Waals surface area (Å²) in [5.74, 6) is -0.628. The van der Waals surface area contributed by atoms with Crippen molar-refractivity contribution in [3.63, 3.8) is 0 Å². The van der Waals surface area contributed by atoms with Gasteiger partial charge in [0.1, 0.15) is 11.7 Å². The van der Waals surface area contributed by atoms with E-state index in [2.05, 4.69) is 9.98 Å². The van der Waals surface area contributed by atoms with Crippen LogP contribution in [-0.2, 0) is 0 Å². The van der Waals surface area contributed by atoms with Crippen molar-refractivity contribution in [2.24, 2.45) is 9.98 Å². The molecule has 0 saturated carbocycles. The van der Waals surface area contributed by atoms with E-state index in [4.69, 9.17) is 0 Å². The molecular formula is C18H21F6N3. The Bertz CT molecular complexity index is 690. The van der Waals surface area contributed by atoms with Gasteiger partial charge in [-0.25, -0.2) is 9.98 Å². The molecule has 3 nitrogen and oxygen atoms in total. The minimum Gasteiger partial charge on any atom is -0.312 e. The highest BCUT2D eigenvalue weighted by molar-refractivity contribution is 6.11. The monoisotopic (exact) mass is 393 g/mol. The van der Waals surface area contributed by atoms with Crippen molar-refractivity contribution < 1.29 is 26.3 Å². The molecule has 1 aliphatic heterocycles. The lowest BCUT2D eigenvalue weighted by Gasteiger charge is -2.41. The van der Waals surface area contributed by atoms with E-state index in [1.54, 1.807) is 26.8 Å². The topological polar surface area (TPSA) is 28.0 Å². The first-order valence-electron chi connectivity index (χ1n) is 8.61. The normalized spacial score (nSPS) is 17.8. The van der Waals surface area contributed by atoms with Crippen LogP contribution in [0, 0.1) is 0 Å². The molecule has 0 atom stereocenters. The van der Waals surface area contributed by atoms with Crippen molar-refractivity contribution in [1.82, 2.24) is 4.90 Å². The fourth-order valence-corrected chi connectivity index (χ4v) is 2.85. The fraction of sp³-hybridized carbons (Fsp3) is 0.556. The molecule has 0 saturated heterocycles. The lowest BCUT2D eigenvalue weighted by atomic mass is 10.0. The summed E-state index contributed by atoms with van der Waals surface area (Å²) in [4.78, 5) is 7.73. The molecule has 1 aliphatic rings. The SMILES string of the molecule is CCCCC1=NC(C(F)(F)F)(C(F)(F)F)N=C(c2ccccc2)N1C(C)C. The summed E-state index contributed by atoms with van der Waals surface area (Å²) in [5.41, 5.74) is -4.33. The van der Waals surface area contributed by atoms with Gasteiger partial charge in [0.25, 0.3) is 0 Å². The smallest absolute Gasteiger partial charge is 0.312 e. The maximum atomic E-state index is 13.7. The van der Waals surface area contributed by atoms with Crippen molar-refractivity contribution in [2.45, 2.75) is 64.1 Å². The van der Waals surface area contributed by atoms with Crippen molar-refractivity contribution in [3.05, 3.63) is 35.9 Å². The Morgan fingerprint density at radius 2 is 1.52 bits per heavy atom. The molecule has 0 fully saturated rings. The third kappa shape index (κ3) is 3.96. The fourth-order valence-electron chi connectivity index (χ4n) is 2.85. The van der Waals surface area contributed by atoms with Crippen LogP contribution < -0.4 is 0 Å². The Balaban J connectivity index is 2.79. The summed E-state index contributed by atoms with van der Waals surface area (Å²) < 4.78 is 81.9. The number of nitrogens with zero attached hydrogens (tertiary/aromatic N) is 3. The highest BCUT2D eigenvalue weighted by Crippen LogP contribution is 2.49. The summed E-state index contributed by atoms with van der Waals surface area (Å²) in [7, 11) is 0. The zero-order chi connectivity index (χ0) is 20.5. The van der Waals surface area contributed by atoms with Crippen LogP contribution in [0.1, 0.15) is 45.6 Å². The Morgan fingerprint density at radius 3 is 1.96 bits per heavy atom. The van der Waals surface area contributed by atoms with E-state index in [0.29, 0.717) is 12.8 Å². The molecule has 0 N–H and O–H groups in total. The number of amidine groups is 2. The van der Waals surface area contributed by atoms with Gasteiger partial charge in [0.15, 0.2) is 0 Å². The molecule has 0 aliphatic carbocycles. The standard InChI is InChI=1S/C18H21F6N3/c1-4-5-11-14-25-16(17(19,20)21,18(22,23)24)26-15(27(14)12(2)3)13-9-7-6-8-10-13/h6-10,12H,4-5,11H2,1-3H3. The van der Waals surface area contributed by atoms with Gasteiger partial charge in [0.05, 0.1) is 0 Å². The lowest BCUT2D eigenvalue weighted by Crippen LogP contribution is -2.60. The first-order valence-corrected chi connectivity index (χ1v) is 8.61. The number of benzene rings is 1. The molecule has 0 spiro atoms. The maximum absolute atomic E-state index is 13.7. The molecule has 0 bridgehead atoms. The van der Waals surface area contributed by atoms with E-state index < -0.39 is 24.1 Å². The third-order valence-corrected chi connectivity index (χ3v) is 4.16. The Labute approximate surface area is 153 Å². The van der Waals surface area contributed by atoms with E-state index in [1.165, 1.54) is 29.2 Å². The van der Waals surface area contributed by atoms with Crippen LogP contribution in [-0.4, -0.2) is 40.6 Å². The quantitative estimate of drug-likeness (QED) is 0.602. The predicted octanol–water partition coefficient (Wildman–Crippen LogP) is 5.57. The average Bonchev–Trinajstić information content (AvgIpc) is 2.57. The number of halogens is 6. The van der Waals surface area contributed by atoms with E-state index in [-0.39, 0.29) is 23.7 Å². The zero-order valence-electron chi connectivity index (χ0n) is 15.2. The largest absolute Gasteiger partial charge is 0.443 e. The van der Waals surface area contributed by atoms with Crippen molar-refractivity contribution in [1.29, 1.82) is 0 Å². The van der Waals surface area contributed by atoms with Crippen molar-refractivity contribution in [2.75, 3.05) is 0 Å². The molecule has 1 aromatic rings. The molecule has 0 unspecified atom stereocenters. The highest BCUT2D eigenvalue weighted by Gasteiger charge is 2.73. The van der Waals surface area contributed by atoms with Gasteiger partial charge in [-0.3, -0.25) is 0 Å². The summed E-state index contributed by atoms with van der Waals surface area (Å²) in [6.07, 6.45) is -10.4. The molecule has 9 heteroatoms. The predicted molar refractivity (Wildman–Crippen MR) is 91.8 cm³/mol. The van der Waals surface area contributed by atoms with Crippen molar-refractivity contribution in [3.8, 4) is 0 Å². The van der Waals surface area contributed by atoms with Gasteiger partial charge in [0.2, 0.25) is 0 Å². The summed E-state index contributed by atoms with van der Waals surface area (Å²) in [6, 6.07) is 7.16. The van der Waals surface area contributed by atoms with Gasteiger partial charge in [-0.15, -0.1) is 0 Å². The molecule has 0 radical (unpaired) electrons. The molecule has 150 valence electrons. The van der Waals surface area contributed by atoms with E-state index in [0.717, 1.165) is 0 Å². The maximum Gasteiger partial charge on any atom is 0.443 e. The van der Waals surface area contributed by atoms with Gasteiger partial charge in [-0.05, 0) is 20.3 Å². The minimum atomic E-state index is -5.72. The number of rotatable bonds is 5. The Kier molecular flexibility index (Phi) is 5.91. The second-order valence-electron chi connectivity index (χ2n) is 6.56. The zero-order valence-corrected chi connectivity index (χ0v) is 15.2. The number of hydrogen-bond acceptors (Lipinski definition) is 3. The van der Waals surface area contributed by atoms with E-state index >= 15 is 0 Å². The number of alkyl halides is 6. The van der Waals surface area contributed by atoms with E-state index in [9.17, 15) is 26.3 Å². The Morgan fingerprint density at radius 1 is 0.963 bits per heavy atom. The highest BCUT2D eigenvalue weighted by atomic mass is 19.4. The summed E-state index contributed by atoms with van der Waals surface area (Å²) >= 11 is 0. The van der Waals surface area contributed by atoms with Crippen LogP contribution in [0.25, 0.3) is 0 Å². The van der Waals surface area contributed by atoms with Crippen molar-refractivity contribution >= 4 is 11.7 Å². The molecule has 27 heavy (non-hydrogen) atoms. The minimum absolute atomic E-state index is 0.00551. The molecule has 1 aromatic carbocycles. The molecular weight excluding hydrogens is 372 g/mol. The second kappa shape index (κ2) is 7.52. The Hall–Kier alpha value is -2.06. The third-order valence-electron chi connectivity index (χ3n) is 4.16. The van der Waals surface area contributed by atoms with Gasteiger partial charge in [-0.1, -0.05) is 43.7 Å². The first-order chi connectivity index (χ1) is 12.4.